The lowest BCUT2D eigenvalue weighted by molar-refractivity contribution is -0.128. The summed E-state index contributed by atoms with van der Waals surface area (Å²) in [4.78, 5) is 38.9. The number of halogens is 1. The predicted molar refractivity (Wildman–Crippen MR) is 73.4 cm³/mol. The Labute approximate surface area is 126 Å². The molecule has 3 amide bonds. The van der Waals surface area contributed by atoms with Crippen LogP contribution in [0.1, 0.15) is 28.8 Å². The third-order valence-corrected chi connectivity index (χ3v) is 4.09. The quantitative estimate of drug-likeness (QED) is 0.627. The van der Waals surface area contributed by atoms with Crippen molar-refractivity contribution in [2.45, 2.75) is 25.4 Å². The van der Waals surface area contributed by atoms with Gasteiger partial charge in [-0.05, 0) is 30.5 Å². The first-order valence-electron chi connectivity index (χ1n) is 7.01. The van der Waals surface area contributed by atoms with Gasteiger partial charge in [0.2, 0.25) is 0 Å². The first-order chi connectivity index (χ1) is 10.5. The van der Waals surface area contributed by atoms with Gasteiger partial charge in [-0.15, -0.1) is 0 Å². The van der Waals surface area contributed by atoms with E-state index < -0.39 is 17.8 Å². The average Bonchev–Trinajstić information content (AvgIpc) is 3.07. The van der Waals surface area contributed by atoms with Gasteiger partial charge in [-0.3, -0.25) is 9.69 Å². The van der Waals surface area contributed by atoms with Crippen molar-refractivity contribution in [1.29, 1.82) is 0 Å². The molecule has 2 fully saturated rings. The van der Waals surface area contributed by atoms with E-state index in [-0.39, 0.29) is 24.0 Å². The van der Waals surface area contributed by atoms with E-state index in [1.165, 1.54) is 19.2 Å². The fourth-order valence-electron chi connectivity index (χ4n) is 2.98. The number of urea groups is 1. The molecule has 2 heterocycles. The molecule has 116 valence electrons. The molecule has 6 nitrogen and oxygen atoms in total. The molecule has 3 rings (SSSR count). The molecule has 1 aromatic carbocycles. The molecule has 1 unspecified atom stereocenters. The molecule has 1 atom stereocenters. The number of fused-ring (bicyclic) bond motifs is 1. The smallest absolute Gasteiger partial charge is 0.338 e. The second-order valence-electron chi connectivity index (χ2n) is 5.35. The molecule has 0 bridgehead atoms. The summed E-state index contributed by atoms with van der Waals surface area (Å²) in [6.07, 6.45) is 1.48. The number of ether oxygens (including phenoxy) is 1. The zero-order valence-electron chi connectivity index (χ0n) is 12.0. The number of methoxy groups -OCH3 is 1. The number of imide groups is 1. The molecule has 0 radical (unpaired) electrons. The molecule has 2 aliphatic heterocycles. The van der Waals surface area contributed by atoms with E-state index in [9.17, 15) is 18.8 Å². The van der Waals surface area contributed by atoms with Crippen LogP contribution in [0.15, 0.2) is 18.2 Å². The van der Waals surface area contributed by atoms with Crippen molar-refractivity contribution < 1.29 is 23.5 Å². The van der Waals surface area contributed by atoms with Crippen LogP contribution in [0.3, 0.4) is 0 Å². The maximum Gasteiger partial charge on any atom is 0.338 e. The Hall–Kier alpha value is -2.44. The minimum atomic E-state index is -0.700. The topological polar surface area (TPSA) is 66.9 Å². The highest BCUT2D eigenvalue weighted by Gasteiger charge is 2.47. The summed E-state index contributed by atoms with van der Waals surface area (Å²) in [7, 11) is 1.19. The molecule has 0 aliphatic carbocycles. The number of nitrogens with zero attached hydrogens (tertiary/aromatic N) is 2. The molecule has 0 aromatic heterocycles. The Balaban J connectivity index is 1.89. The summed E-state index contributed by atoms with van der Waals surface area (Å²) < 4.78 is 18.0. The van der Waals surface area contributed by atoms with Crippen molar-refractivity contribution in [2.75, 3.05) is 13.7 Å². The lowest BCUT2D eigenvalue weighted by atomic mass is 10.1. The number of hydrogen-bond donors (Lipinski definition) is 0. The van der Waals surface area contributed by atoms with Crippen LogP contribution in [0.4, 0.5) is 9.18 Å². The highest BCUT2D eigenvalue weighted by Crippen LogP contribution is 2.29. The molecule has 0 N–H and O–H groups in total. The van der Waals surface area contributed by atoms with Gasteiger partial charge in [-0.25, -0.2) is 14.0 Å². The summed E-state index contributed by atoms with van der Waals surface area (Å²) in [5, 5.41) is 0. The molecular formula is C15H15FN2O4. The number of rotatable bonds is 3. The third kappa shape index (κ3) is 2.22. The van der Waals surface area contributed by atoms with Crippen molar-refractivity contribution in [3.05, 3.63) is 35.1 Å². The van der Waals surface area contributed by atoms with Crippen LogP contribution in [0.5, 0.6) is 0 Å². The first-order valence-corrected chi connectivity index (χ1v) is 7.01. The van der Waals surface area contributed by atoms with E-state index in [1.807, 2.05) is 0 Å². The molecule has 7 heteroatoms. The molecule has 2 saturated heterocycles. The Morgan fingerprint density at radius 2 is 2.18 bits per heavy atom. The largest absolute Gasteiger partial charge is 0.465 e. The maximum absolute atomic E-state index is 13.3. The van der Waals surface area contributed by atoms with Gasteiger partial charge in [0.25, 0.3) is 5.91 Å². The minimum absolute atomic E-state index is 0.0233. The number of esters is 1. The van der Waals surface area contributed by atoms with Crippen molar-refractivity contribution >= 4 is 17.9 Å². The number of amides is 3. The van der Waals surface area contributed by atoms with Gasteiger partial charge < -0.3 is 9.64 Å². The van der Waals surface area contributed by atoms with Crippen molar-refractivity contribution in [2.24, 2.45) is 0 Å². The van der Waals surface area contributed by atoms with Gasteiger partial charge in [-0.2, -0.15) is 0 Å². The van der Waals surface area contributed by atoms with Crippen LogP contribution in [-0.4, -0.2) is 47.4 Å². The second kappa shape index (κ2) is 5.40. The predicted octanol–water partition coefficient (Wildman–Crippen LogP) is 1.54. The summed E-state index contributed by atoms with van der Waals surface area (Å²) in [6, 6.07) is 2.88. The fraction of sp³-hybridized carbons (Fsp3) is 0.400. The zero-order valence-corrected chi connectivity index (χ0v) is 12.0. The van der Waals surface area contributed by atoms with Crippen LogP contribution >= 0.6 is 0 Å². The van der Waals surface area contributed by atoms with E-state index in [1.54, 1.807) is 4.90 Å². The second-order valence-corrected chi connectivity index (χ2v) is 5.35. The van der Waals surface area contributed by atoms with Gasteiger partial charge in [0.1, 0.15) is 11.9 Å². The maximum atomic E-state index is 13.3. The Bertz CT molecular complexity index is 639. The SMILES string of the molecule is COC(=O)c1cc(F)ccc1CN1C(=O)C2CCCN2C1=O. The zero-order chi connectivity index (χ0) is 15.9. The van der Waals surface area contributed by atoms with Gasteiger partial charge in [0.05, 0.1) is 19.2 Å². The molecule has 2 aliphatic rings. The molecule has 22 heavy (non-hydrogen) atoms. The molecular weight excluding hydrogens is 291 g/mol. The lowest BCUT2D eigenvalue weighted by Gasteiger charge is -2.17. The van der Waals surface area contributed by atoms with Crippen molar-refractivity contribution in [3.8, 4) is 0 Å². The van der Waals surface area contributed by atoms with E-state index >= 15 is 0 Å². The molecule has 1 aromatic rings. The number of benzene rings is 1. The van der Waals surface area contributed by atoms with Gasteiger partial charge in [-0.1, -0.05) is 6.07 Å². The Morgan fingerprint density at radius 1 is 1.41 bits per heavy atom. The highest BCUT2D eigenvalue weighted by molar-refractivity contribution is 6.04. The highest BCUT2D eigenvalue weighted by atomic mass is 19.1. The normalized spacial score (nSPS) is 20.5. The summed E-state index contributed by atoms with van der Waals surface area (Å²) >= 11 is 0. The Morgan fingerprint density at radius 3 is 2.86 bits per heavy atom. The standard InChI is InChI=1S/C15H15FN2O4/c1-22-14(20)11-7-10(16)5-4-9(11)8-18-13(19)12-3-2-6-17(12)15(18)21/h4-5,7,12H,2-3,6,8H2,1H3. The number of carbonyl (C=O) groups excluding carboxylic acids is 3. The van der Waals surface area contributed by atoms with Gasteiger partial charge in [0, 0.05) is 6.54 Å². The molecule has 0 spiro atoms. The van der Waals surface area contributed by atoms with E-state index in [0.717, 1.165) is 17.4 Å². The van der Waals surface area contributed by atoms with Crippen molar-refractivity contribution in [1.82, 2.24) is 9.80 Å². The summed E-state index contributed by atoms with van der Waals surface area (Å²) in [5.41, 5.74) is 0.409. The van der Waals surface area contributed by atoms with E-state index in [0.29, 0.717) is 18.5 Å². The van der Waals surface area contributed by atoms with Crippen LogP contribution in [0.25, 0.3) is 0 Å². The first kappa shape index (κ1) is 14.5. The Kier molecular flexibility index (Phi) is 3.56. The van der Waals surface area contributed by atoms with Crippen LogP contribution in [-0.2, 0) is 16.1 Å². The lowest BCUT2D eigenvalue weighted by Crippen LogP contribution is -2.33. The van der Waals surface area contributed by atoms with E-state index in [4.69, 9.17) is 0 Å². The van der Waals surface area contributed by atoms with Crippen molar-refractivity contribution in [3.63, 3.8) is 0 Å². The number of carbonyl (C=O) groups is 3. The van der Waals surface area contributed by atoms with E-state index in [2.05, 4.69) is 4.74 Å². The minimum Gasteiger partial charge on any atom is -0.465 e. The van der Waals surface area contributed by atoms with Crippen LogP contribution in [0, 0.1) is 5.82 Å². The van der Waals surface area contributed by atoms with Gasteiger partial charge >= 0.3 is 12.0 Å². The third-order valence-electron chi connectivity index (χ3n) is 4.09. The summed E-state index contributed by atoms with van der Waals surface area (Å²) in [5.74, 6) is -1.54. The molecule has 0 saturated carbocycles. The van der Waals surface area contributed by atoms with Gasteiger partial charge in [0.15, 0.2) is 0 Å². The fourth-order valence-corrected chi connectivity index (χ4v) is 2.98. The number of hydrogen-bond acceptors (Lipinski definition) is 4. The monoisotopic (exact) mass is 306 g/mol. The van der Waals surface area contributed by atoms with Crippen LogP contribution < -0.4 is 0 Å². The van der Waals surface area contributed by atoms with Crippen LogP contribution in [0.2, 0.25) is 0 Å². The average molecular weight is 306 g/mol. The summed E-state index contributed by atoms with van der Waals surface area (Å²) in [6.45, 7) is 0.508.